The number of fused-ring (bicyclic) bond motifs is 4. The van der Waals surface area contributed by atoms with Gasteiger partial charge in [0.05, 0.1) is 36.0 Å². The number of halogens is 1. The molecule has 34 heavy (non-hydrogen) atoms. The third-order valence-corrected chi connectivity index (χ3v) is 7.44. The third kappa shape index (κ3) is 4.46. The smallest absolute Gasteiger partial charge is 0.225 e. The lowest BCUT2D eigenvalue weighted by Gasteiger charge is -2.34. The number of aromatic nitrogens is 5. The number of nitrogens with zero attached hydrogens (tertiary/aromatic N) is 7. The highest BCUT2D eigenvalue weighted by Crippen LogP contribution is 2.32. The molecular weight excluding hydrogens is 494 g/mol. The normalized spacial score (nSPS) is 23.6. The van der Waals surface area contributed by atoms with Gasteiger partial charge in [0.25, 0.3) is 0 Å². The first-order valence-corrected chi connectivity index (χ1v) is 12.9. The second-order valence-corrected chi connectivity index (χ2v) is 10.1. The van der Waals surface area contributed by atoms with Crippen molar-refractivity contribution in [3.05, 3.63) is 53.3 Å². The van der Waals surface area contributed by atoms with E-state index in [0.29, 0.717) is 18.6 Å². The highest BCUT2D eigenvalue weighted by Gasteiger charge is 2.24. The first kappa shape index (κ1) is 21.7. The molecule has 3 aromatic rings. The van der Waals surface area contributed by atoms with Crippen LogP contribution in [0.4, 0.5) is 11.6 Å². The van der Waals surface area contributed by atoms with E-state index in [1.165, 1.54) is 6.42 Å². The van der Waals surface area contributed by atoms with Crippen LogP contribution >= 0.6 is 15.9 Å². The topological polar surface area (TPSA) is 72.2 Å². The first-order chi connectivity index (χ1) is 16.7. The molecule has 7 rings (SSSR count). The van der Waals surface area contributed by atoms with E-state index in [4.69, 9.17) is 9.72 Å². The van der Waals surface area contributed by atoms with Crippen LogP contribution in [0.1, 0.15) is 25.7 Å². The van der Waals surface area contributed by atoms with Gasteiger partial charge < -0.3 is 14.5 Å². The van der Waals surface area contributed by atoms with Crippen molar-refractivity contribution in [3.8, 4) is 17.1 Å². The SMILES string of the molecule is Brc1ccc2c(c1)N1CCC(CC1)OC/C=C\C1CCCN(C1)c1nccc(n1)-c1cn-2nn1. The van der Waals surface area contributed by atoms with E-state index in [9.17, 15) is 0 Å². The second kappa shape index (κ2) is 9.46. The summed E-state index contributed by atoms with van der Waals surface area (Å²) in [7, 11) is 0. The average molecular weight is 522 g/mol. The fraction of sp³-hybridized carbons (Fsp3) is 0.440. The number of benzene rings is 1. The summed E-state index contributed by atoms with van der Waals surface area (Å²) in [4.78, 5) is 14.1. The second-order valence-electron chi connectivity index (χ2n) is 9.22. The Morgan fingerprint density at radius 3 is 2.79 bits per heavy atom. The summed E-state index contributed by atoms with van der Waals surface area (Å²) in [6.45, 7) is 4.47. The van der Waals surface area contributed by atoms with Crippen LogP contribution in [0.2, 0.25) is 0 Å². The molecule has 8 nitrogen and oxygen atoms in total. The van der Waals surface area contributed by atoms with E-state index in [2.05, 4.69) is 65.3 Å². The molecule has 0 saturated carbocycles. The fourth-order valence-corrected chi connectivity index (χ4v) is 5.49. The summed E-state index contributed by atoms with van der Waals surface area (Å²) in [5.74, 6) is 1.25. The molecule has 6 heterocycles. The van der Waals surface area contributed by atoms with Crippen molar-refractivity contribution in [3.63, 3.8) is 0 Å². The summed E-state index contributed by atoms with van der Waals surface area (Å²) < 4.78 is 9.12. The van der Waals surface area contributed by atoms with Gasteiger partial charge >= 0.3 is 0 Å². The maximum Gasteiger partial charge on any atom is 0.225 e. The van der Waals surface area contributed by atoms with Crippen LogP contribution < -0.4 is 9.80 Å². The Morgan fingerprint density at radius 2 is 1.88 bits per heavy atom. The van der Waals surface area contributed by atoms with Crippen molar-refractivity contribution in [2.24, 2.45) is 5.92 Å². The molecule has 0 radical (unpaired) electrons. The molecule has 0 spiro atoms. The Hall–Kier alpha value is -2.78. The number of hydrogen-bond donors (Lipinski definition) is 0. The molecule has 1 atom stereocenters. The van der Waals surface area contributed by atoms with Gasteiger partial charge in [-0.05, 0) is 55.9 Å². The third-order valence-electron chi connectivity index (χ3n) is 6.94. The van der Waals surface area contributed by atoms with Crippen molar-refractivity contribution >= 4 is 27.6 Å². The minimum atomic E-state index is 0.300. The van der Waals surface area contributed by atoms with Crippen molar-refractivity contribution in [2.75, 3.05) is 42.6 Å². The van der Waals surface area contributed by atoms with Gasteiger partial charge in [0.15, 0.2) is 0 Å². The standard InChI is InChI=1S/C25H28BrN7O/c26-19-5-6-23-24(15-19)31-12-8-20(9-13-31)34-14-2-4-18-3-1-11-32(16-18)25-27-10-7-21(28-25)22-17-33(23)30-29-22/h2,4-7,10,15,17-18,20H,1,3,8-9,11-14,16H2/b4-2-. The zero-order valence-electron chi connectivity index (χ0n) is 19.1. The molecule has 4 aliphatic heterocycles. The van der Waals surface area contributed by atoms with Gasteiger partial charge in [0.1, 0.15) is 5.69 Å². The van der Waals surface area contributed by atoms with E-state index in [1.807, 2.05) is 29.2 Å². The minimum absolute atomic E-state index is 0.300. The Bertz CT molecular complexity index is 1190. The number of anilines is 2. The van der Waals surface area contributed by atoms with E-state index in [0.717, 1.165) is 78.6 Å². The van der Waals surface area contributed by atoms with Gasteiger partial charge in [-0.25, -0.2) is 14.6 Å². The van der Waals surface area contributed by atoms with Crippen LogP contribution in [-0.4, -0.2) is 63.9 Å². The molecule has 0 amide bonds. The number of ether oxygens (including phenoxy) is 1. The number of hydrogen-bond acceptors (Lipinski definition) is 7. The molecule has 0 aliphatic carbocycles. The largest absolute Gasteiger partial charge is 0.374 e. The van der Waals surface area contributed by atoms with Gasteiger partial charge in [-0.1, -0.05) is 33.3 Å². The summed E-state index contributed by atoms with van der Waals surface area (Å²) in [6, 6.07) is 8.21. The molecule has 2 saturated heterocycles. The van der Waals surface area contributed by atoms with Crippen molar-refractivity contribution < 1.29 is 4.74 Å². The van der Waals surface area contributed by atoms with Gasteiger partial charge in [-0.15, -0.1) is 5.10 Å². The lowest BCUT2D eigenvalue weighted by Crippen LogP contribution is -2.37. The van der Waals surface area contributed by atoms with Crippen LogP contribution in [0.15, 0.2) is 53.3 Å². The van der Waals surface area contributed by atoms with Gasteiger partial charge in [-0.3, -0.25) is 0 Å². The summed E-state index contributed by atoms with van der Waals surface area (Å²) in [5, 5.41) is 8.94. The molecule has 2 fully saturated rings. The molecule has 1 aromatic carbocycles. The van der Waals surface area contributed by atoms with Crippen LogP contribution in [0.5, 0.6) is 0 Å². The van der Waals surface area contributed by atoms with E-state index in [1.54, 1.807) is 0 Å². The van der Waals surface area contributed by atoms with Crippen LogP contribution in [0, 0.1) is 5.92 Å². The molecule has 9 heteroatoms. The average Bonchev–Trinajstić information content (AvgIpc) is 3.37. The predicted octanol–water partition coefficient (Wildman–Crippen LogP) is 4.26. The van der Waals surface area contributed by atoms with Crippen LogP contribution in [0.25, 0.3) is 17.1 Å². The lowest BCUT2D eigenvalue weighted by molar-refractivity contribution is 0.0560. The molecular formula is C25H28BrN7O. The first-order valence-electron chi connectivity index (χ1n) is 12.1. The van der Waals surface area contributed by atoms with E-state index < -0.39 is 0 Å². The monoisotopic (exact) mass is 521 g/mol. The Balaban J connectivity index is 1.39. The number of piperidine rings is 2. The summed E-state index contributed by atoms with van der Waals surface area (Å²) in [5.41, 5.74) is 3.69. The van der Waals surface area contributed by atoms with Gasteiger partial charge in [0, 0.05) is 36.8 Å². The minimum Gasteiger partial charge on any atom is -0.374 e. The van der Waals surface area contributed by atoms with E-state index >= 15 is 0 Å². The quantitative estimate of drug-likeness (QED) is 0.409. The molecule has 1 unspecified atom stereocenters. The molecule has 0 N–H and O–H groups in total. The molecule has 4 aliphatic rings. The molecule has 176 valence electrons. The summed E-state index contributed by atoms with van der Waals surface area (Å²) >= 11 is 3.65. The fourth-order valence-electron chi connectivity index (χ4n) is 5.14. The maximum absolute atomic E-state index is 6.21. The van der Waals surface area contributed by atoms with Crippen molar-refractivity contribution in [1.82, 2.24) is 25.0 Å². The van der Waals surface area contributed by atoms with Gasteiger partial charge in [0.2, 0.25) is 5.95 Å². The Kier molecular flexibility index (Phi) is 6.05. The van der Waals surface area contributed by atoms with Crippen molar-refractivity contribution in [2.45, 2.75) is 31.8 Å². The Morgan fingerprint density at radius 1 is 0.971 bits per heavy atom. The highest BCUT2D eigenvalue weighted by molar-refractivity contribution is 9.10. The van der Waals surface area contributed by atoms with Gasteiger partial charge in [-0.2, -0.15) is 0 Å². The molecule has 2 aromatic heterocycles. The summed E-state index contributed by atoms with van der Waals surface area (Å²) in [6.07, 6.45) is 13.0. The Labute approximate surface area is 207 Å². The zero-order valence-corrected chi connectivity index (χ0v) is 20.6. The van der Waals surface area contributed by atoms with Crippen LogP contribution in [-0.2, 0) is 4.74 Å². The highest BCUT2D eigenvalue weighted by atomic mass is 79.9. The predicted molar refractivity (Wildman–Crippen MR) is 135 cm³/mol. The molecule has 8 bridgehead atoms. The number of rotatable bonds is 0. The maximum atomic E-state index is 6.21. The lowest BCUT2D eigenvalue weighted by atomic mass is 9.98. The zero-order chi connectivity index (χ0) is 22.9. The van der Waals surface area contributed by atoms with Crippen LogP contribution in [0.3, 0.4) is 0 Å². The van der Waals surface area contributed by atoms with Crippen molar-refractivity contribution in [1.29, 1.82) is 0 Å². The van der Waals surface area contributed by atoms with E-state index in [-0.39, 0.29) is 0 Å².